The maximum Gasteiger partial charge on any atom is 0.135 e. The van der Waals surface area contributed by atoms with Crippen molar-refractivity contribution >= 4 is 56.4 Å². The first kappa shape index (κ1) is 17.8. The molecule has 0 N–H and O–H groups in total. The molecule has 132 valence electrons. The quantitative estimate of drug-likeness (QED) is 0.354. The summed E-state index contributed by atoms with van der Waals surface area (Å²) in [4.78, 5) is 4.58. The Labute approximate surface area is 170 Å². The number of nitrogens with zero attached hydrogens (tertiary/aromatic N) is 3. The number of halogens is 2. The van der Waals surface area contributed by atoms with E-state index in [1.165, 1.54) is 11.3 Å². The van der Waals surface area contributed by atoms with Gasteiger partial charge in [-0.05, 0) is 48.5 Å². The lowest BCUT2D eigenvalue weighted by Gasteiger charge is -2.07. The Morgan fingerprint density at radius 2 is 1.85 bits per heavy atom. The van der Waals surface area contributed by atoms with Crippen LogP contribution in [0.15, 0.2) is 54.6 Å². The van der Waals surface area contributed by atoms with Gasteiger partial charge in [0, 0.05) is 34.0 Å². The molecule has 0 radical (unpaired) electrons. The highest BCUT2D eigenvalue weighted by Gasteiger charge is 2.12. The number of hydrogen-bond acceptors (Lipinski definition) is 3. The minimum Gasteiger partial charge on any atom is -0.344 e. The van der Waals surface area contributed by atoms with Gasteiger partial charge in [0.25, 0.3) is 0 Å². The van der Waals surface area contributed by atoms with E-state index < -0.39 is 0 Å². The molecule has 0 fully saturated rings. The fourth-order valence-corrected chi connectivity index (χ4v) is 4.40. The minimum absolute atomic E-state index is 0.535. The van der Waals surface area contributed by atoms with Crippen molar-refractivity contribution in [3.8, 4) is 17.3 Å². The number of nitriles is 1. The second-order valence-corrected chi connectivity index (χ2v) is 7.92. The first-order chi connectivity index (χ1) is 13.0. The van der Waals surface area contributed by atoms with Crippen molar-refractivity contribution in [2.24, 2.45) is 7.05 Å². The van der Waals surface area contributed by atoms with Crippen molar-refractivity contribution in [3.63, 3.8) is 0 Å². The molecule has 0 amide bonds. The van der Waals surface area contributed by atoms with Crippen LogP contribution in [0.1, 0.15) is 10.7 Å². The van der Waals surface area contributed by atoms with Gasteiger partial charge in [-0.15, -0.1) is 11.3 Å². The zero-order chi connectivity index (χ0) is 19.0. The molecule has 27 heavy (non-hydrogen) atoms. The number of fused-ring (bicyclic) bond motifs is 1. The maximum absolute atomic E-state index is 9.66. The van der Waals surface area contributed by atoms with Crippen LogP contribution in [0.25, 0.3) is 33.1 Å². The van der Waals surface area contributed by atoms with Crippen molar-refractivity contribution < 1.29 is 0 Å². The third-order valence-electron chi connectivity index (χ3n) is 4.26. The highest BCUT2D eigenvalue weighted by molar-refractivity contribution is 7.19. The third kappa shape index (κ3) is 3.50. The molecular weight excluding hydrogens is 397 g/mol. The summed E-state index contributed by atoms with van der Waals surface area (Å²) < 4.78 is 3.07. The zero-order valence-corrected chi connectivity index (χ0v) is 16.6. The minimum atomic E-state index is 0.535. The number of benzene rings is 2. The van der Waals surface area contributed by atoms with E-state index in [2.05, 4.69) is 11.1 Å². The molecule has 6 heteroatoms. The van der Waals surface area contributed by atoms with Crippen molar-refractivity contribution in [1.29, 1.82) is 5.26 Å². The highest BCUT2D eigenvalue weighted by atomic mass is 35.5. The second kappa shape index (κ2) is 7.21. The molecule has 4 aromatic rings. The van der Waals surface area contributed by atoms with Crippen LogP contribution in [0.3, 0.4) is 0 Å². The fourth-order valence-electron chi connectivity index (χ4n) is 2.94. The molecule has 0 aliphatic carbocycles. The van der Waals surface area contributed by atoms with E-state index in [9.17, 15) is 5.26 Å². The first-order valence-electron chi connectivity index (χ1n) is 8.15. The van der Waals surface area contributed by atoms with Gasteiger partial charge >= 0.3 is 0 Å². The molecule has 0 spiro atoms. The molecule has 2 heterocycles. The standard InChI is InChI=1S/C21H13Cl2N3S/c1-26-17(6-7-19(26)13-8-15(22)11-16(23)9-13)10-14(12-24)21-25-18-4-2-3-5-20(18)27-21/h2-11H,1H3. The maximum atomic E-state index is 9.66. The van der Waals surface area contributed by atoms with Gasteiger partial charge in [0.1, 0.15) is 11.1 Å². The van der Waals surface area contributed by atoms with Gasteiger partial charge in [-0.2, -0.15) is 5.26 Å². The van der Waals surface area contributed by atoms with Gasteiger partial charge in [-0.3, -0.25) is 0 Å². The Bertz CT molecular complexity index is 1170. The summed E-state index contributed by atoms with van der Waals surface area (Å²) in [5, 5.41) is 11.5. The lowest BCUT2D eigenvalue weighted by atomic mass is 10.1. The molecule has 0 aliphatic rings. The van der Waals surface area contributed by atoms with Crippen molar-refractivity contribution in [1.82, 2.24) is 9.55 Å². The van der Waals surface area contributed by atoms with Gasteiger partial charge in [0.05, 0.1) is 15.8 Å². The molecule has 0 atom stereocenters. The van der Waals surface area contributed by atoms with Crippen molar-refractivity contribution in [3.05, 3.63) is 75.3 Å². The molecule has 2 aromatic carbocycles. The van der Waals surface area contributed by atoms with Crippen LogP contribution in [0.5, 0.6) is 0 Å². The Morgan fingerprint density at radius 1 is 1.11 bits per heavy atom. The Hall–Kier alpha value is -2.58. The average molecular weight is 410 g/mol. The Morgan fingerprint density at radius 3 is 2.56 bits per heavy atom. The van der Waals surface area contributed by atoms with Crippen LogP contribution in [-0.2, 0) is 7.05 Å². The number of rotatable bonds is 3. The van der Waals surface area contributed by atoms with Crippen LogP contribution in [0, 0.1) is 11.3 Å². The SMILES string of the molecule is Cn1c(C=C(C#N)c2nc3ccccc3s2)ccc1-c1cc(Cl)cc(Cl)c1. The van der Waals surface area contributed by atoms with Gasteiger partial charge < -0.3 is 4.57 Å². The lowest BCUT2D eigenvalue weighted by molar-refractivity contribution is 0.924. The number of thiazole rings is 1. The molecule has 4 rings (SSSR count). The molecule has 0 saturated carbocycles. The van der Waals surface area contributed by atoms with Crippen LogP contribution in [-0.4, -0.2) is 9.55 Å². The van der Waals surface area contributed by atoms with Gasteiger partial charge in [-0.25, -0.2) is 4.98 Å². The Balaban J connectivity index is 1.77. The topological polar surface area (TPSA) is 41.6 Å². The van der Waals surface area contributed by atoms with Crippen molar-refractivity contribution in [2.75, 3.05) is 0 Å². The second-order valence-electron chi connectivity index (χ2n) is 6.02. The van der Waals surface area contributed by atoms with E-state index >= 15 is 0 Å². The van der Waals surface area contributed by atoms with E-state index in [1.54, 1.807) is 6.07 Å². The predicted octanol–water partition coefficient (Wildman–Crippen LogP) is 6.67. The fraction of sp³-hybridized carbons (Fsp3) is 0.0476. The smallest absolute Gasteiger partial charge is 0.135 e. The summed E-state index contributed by atoms with van der Waals surface area (Å²) in [6, 6.07) is 19.6. The Kier molecular flexibility index (Phi) is 4.75. The molecule has 0 bridgehead atoms. The number of aromatic nitrogens is 2. The van der Waals surface area contributed by atoms with Crippen molar-refractivity contribution in [2.45, 2.75) is 0 Å². The predicted molar refractivity (Wildman–Crippen MR) is 114 cm³/mol. The van der Waals surface area contributed by atoms with Gasteiger partial charge in [0.15, 0.2) is 0 Å². The first-order valence-corrected chi connectivity index (χ1v) is 9.72. The summed E-state index contributed by atoms with van der Waals surface area (Å²) in [5.41, 5.74) is 4.23. The third-order valence-corrected chi connectivity index (χ3v) is 5.76. The van der Waals surface area contributed by atoms with E-state index in [1.807, 2.05) is 66.2 Å². The van der Waals surface area contributed by atoms with E-state index in [4.69, 9.17) is 23.2 Å². The summed E-state index contributed by atoms with van der Waals surface area (Å²) in [6.45, 7) is 0. The molecular formula is C21H13Cl2N3S. The molecule has 2 aromatic heterocycles. The number of hydrogen-bond donors (Lipinski definition) is 0. The summed E-state index contributed by atoms with van der Waals surface area (Å²) in [7, 11) is 1.95. The molecule has 0 aliphatic heterocycles. The molecule has 0 saturated heterocycles. The summed E-state index contributed by atoms with van der Waals surface area (Å²) in [5.74, 6) is 0. The summed E-state index contributed by atoms with van der Waals surface area (Å²) in [6.07, 6.45) is 1.85. The van der Waals surface area contributed by atoms with E-state index in [0.29, 0.717) is 20.6 Å². The number of allylic oxidation sites excluding steroid dienone is 1. The summed E-state index contributed by atoms with van der Waals surface area (Å²) >= 11 is 13.8. The average Bonchev–Trinajstić information content (AvgIpc) is 3.22. The van der Waals surface area contributed by atoms with Gasteiger partial charge in [-0.1, -0.05) is 35.3 Å². The highest BCUT2D eigenvalue weighted by Crippen LogP contribution is 2.31. The van der Waals surface area contributed by atoms with E-state index in [-0.39, 0.29) is 0 Å². The van der Waals surface area contributed by atoms with Crippen LogP contribution in [0.4, 0.5) is 0 Å². The van der Waals surface area contributed by atoms with Crippen LogP contribution in [0.2, 0.25) is 10.0 Å². The van der Waals surface area contributed by atoms with Crippen LogP contribution >= 0.6 is 34.5 Å². The van der Waals surface area contributed by atoms with Crippen LogP contribution < -0.4 is 0 Å². The number of para-hydroxylation sites is 1. The van der Waals surface area contributed by atoms with Gasteiger partial charge in [0.2, 0.25) is 0 Å². The largest absolute Gasteiger partial charge is 0.344 e. The molecule has 0 unspecified atom stereocenters. The normalized spacial score (nSPS) is 11.7. The molecule has 3 nitrogen and oxygen atoms in total. The monoisotopic (exact) mass is 409 g/mol. The zero-order valence-electron chi connectivity index (χ0n) is 14.3. The van der Waals surface area contributed by atoms with E-state index in [0.717, 1.165) is 27.2 Å². The lowest BCUT2D eigenvalue weighted by Crippen LogP contribution is -1.95.